The molecule has 3 nitrogen and oxygen atoms in total. The van der Waals surface area contributed by atoms with Crippen molar-refractivity contribution in [2.75, 3.05) is 19.6 Å². The third-order valence-electron chi connectivity index (χ3n) is 3.41. The maximum absolute atomic E-state index is 12.1. The number of likely N-dealkylation sites (tertiary alicyclic amines) is 1. The number of rotatable bonds is 3. The molecule has 1 aromatic carbocycles. The van der Waals surface area contributed by atoms with Gasteiger partial charge in [-0.25, -0.2) is 0 Å². The van der Waals surface area contributed by atoms with Gasteiger partial charge in [0.05, 0.1) is 6.42 Å². The van der Waals surface area contributed by atoms with Gasteiger partial charge >= 0.3 is 0 Å². The second-order valence-corrected chi connectivity index (χ2v) is 4.90. The SMILES string of the molecule is Cc1cccc(CC(=O)N2CC[C@@H](CN)C2)c1. The Morgan fingerprint density at radius 1 is 1.53 bits per heavy atom. The number of nitrogens with zero attached hydrogens (tertiary/aromatic N) is 1. The van der Waals surface area contributed by atoms with Gasteiger partial charge in [-0.3, -0.25) is 4.79 Å². The summed E-state index contributed by atoms with van der Waals surface area (Å²) < 4.78 is 0. The van der Waals surface area contributed by atoms with Gasteiger partial charge in [0.15, 0.2) is 0 Å². The fraction of sp³-hybridized carbons (Fsp3) is 0.500. The predicted octanol–water partition coefficient (Wildman–Crippen LogP) is 1.34. The molecule has 17 heavy (non-hydrogen) atoms. The summed E-state index contributed by atoms with van der Waals surface area (Å²) in [6.45, 7) is 4.44. The summed E-state index contributed by atoms with van der Waals surface area (Å²) in [5, 5.41) is 0. The lowest BCUT2D eigenvalue weighted by atomic mass is 10.1. The molecule has 2 N–H and O–H groups in total. The number of carbonyl (C=O) groups excluding carboxylic acids is 1. The molecule has 1 aliphatic heterocycles. The lowest BCUT2D eigenvalue weighted by molar-refractivity contribution is -0.129. The summed E-state index contributed by atoms with van der Waals surface area (Å²) in [7, 11) is 0. The highest BCUT2D eigenvalue weighted by Gasteiger charge is 2.24. The van der Waals surface area contributed by atoms with Gasteiger partial charge in [-0.1, -0.05) is 29.8 Å². The highest BCUT2D eigenvalue weighted by Crippen LogP contribution is 2.16. The average molecular weight is 232 g/mol. The Labute approximate surface area is 103 Å². The van der Waals surface area contributed by atoms with Gasteiger partial charge in [0.25, 0.3) is 0 Å². The van der Waals surface area contributed by atoms with E-state index in [4.69, 9.17) is 5.73 Å². The highest BCUT2D eigenvalue weighted by molar-refractivity contribution is 5.79. The Morgan fingerprint density at radius 2 is 2.35 bits per heavy atom. The molecule has 0 unspecified atom stereocenters. The van der Waals surface area contributed by atoms with E-state index in [0.29, 0.717) is 18.9 Å². The van der Waals surface area contributed by atoms with E-state index in [1.54, 1.807) is 0 Å². The minimum Gasteiger partial charge on any atom is -0.342 e. The van der Waals surface area contributed by atoms with E-state index in [1.165, 1.54) is 5.56 Å². The van der Waals surface area contributed by atoms with E-state index in [1.807, 2.05) is 30.0 Å². The van der Waals surface area contributed by atoms with Crippen LogP contribution in [0.3, 0.4) is 0 Å². The number of hydrogen-bond donors (Lipinski definition) is 1. The van der Waals surface area contributed by atoms with E-state index in [2.05, 4.69) is 6.07 Å². The van der Waals surface area contributed by atoms with Crippen molar-refractivity contribution < 1.29 is 4.79 Å². The fourth-order valence-corrected chi connectivity index (χ4v) is 2.36. The van der Waals surface area contributed by atoms with Gasteiger partial charge in [0.1, 0.15) is 0 Å². The summed E-state index contributed by atoms with van der Waals surface area (Å²) in [5.74, 6) is 0.725. The van der Waals surface area contributed by atoms with Crippen LogP contribution in [-0.2, 0) is 11.2 Å². The molecule has 0 spiro atoms. The van der Waals surface area contributed by atoms with E-state index in [-0.39, 0.29) is 5.91 Å². The first-order valence-electron chi connectivity index (χ1n) is 6.22. The third kappa shape index (κ3) is 3.07. The van der Waals surface area contributed by atoms with Crippen molar-refractivity contribution in [3.63, 3.8) is 0 Å². The van der Waals surface area contributed by atoms with E-state index in [9.17, 15) is 4.79 Å². The Bertz CT molecular complexity index is 403. The first-order valence-corrected chi connectivity index (χ1v) is 6.22. The largest absolute Gasteiger partial charge is 0.342 e. The minimum atomic E-state index is 0.228. The molecule has 0 radical (unpaired) electrons. The molecule has 1 atom stereocenters. The molecule has 2 rings (SSSR count). The number of hydrogen-bond acceptors (Lipinski definition) is 2. The molecule has 1 aliphatic rings. The van der Waals surface area contributed by atoms with Gasteiger partial charge in [0, 0.05) is 13.1 Å². The summed E-state index contributed by atoms with van der Waals surface area (Å²) in [6, 6.07) is 8.15. The molecule has 1 fully saturated rings. The van der Waals surface area contributed by atoms with Crippen LogP contribution in [0.25, 0.3) is 0 Å². The molecule has 1 saturated heterocycles. The van der Waals surface area contributed by atoms with Crippen molar-refractivity contribution in [2.45, 2.75) is 19.8 Å². The Morgan fingerprint density at radius 3 is 3.00 bits per heavy atom. The molecule has 0 aliphatic carbocycles. The second-order valence-electron chi connectivity index (χ2n) is 4.90. The molecule has 1 heterocycles. The van der Waals surface area contributed by atoms with Gasteiger partial charge in [-0.15, -0.1) is 0 Å². The molecule has 1 amide bonds. The van der Waals surface area contributed by atoms with Crippen LogP contribution in [0, 0.1) is 12.8 Å². The van der Waals surface area contributed by atoms with Crippen LogP contribution in [0.4, 0.5) is 0 Å². The first kappa shape index (κ1) is 12.1. The lowest BCUT2D eigenvalue weighted by Crippen LogP contribution is -2.31. The van der Waals surface area contributed by atoms with E-state index in [0.717, 1.165) is 25.1 Å². The van der Waals surface area contributed by atoms with Gasteiger partial charge in [-0.2, -0.15) is 0 Å². The number of nitrogens with two attached hydrogens (primary N) is 1. The Balaban J connectivity index is 1.93. The molecule has 0 saturated carbocycles. The van der Waals surface area contributed by atoms with Crippen LogP contribution < -0.4 is 5.73 Å². The molecular formula is C14H20N2O. The number of amides is 1. The quantitative estimate of drug-likeness (QED) is 0.855. The molecule has 0 bridgehead atoms. The molecule has 1 aromatic rings. The number of aryl methyl sites for hydroxylation is 1. The van der Waals surface area contributed by atoms with Crippen molar-refractivity contribution in [1.82, 2.24) is 4.90 Å². The zero-order valence-corrected chi connectivity index (χ0v) is 10.4. The van der Waals surface area contributed by atoms with Crippen molar-refractivity contribution in [3.05, 3.63) is 35.4 Å². The van der Waals surface area contributed by atoms with Crippen molar-refractivity contribution in [3.8, 4) is 0 Å². The maximum Gasteiger partial charge on any atom is 0.226 e. The van der Waals surface area contributed by atoms with E-state index >= 15 is 0 Å². The van der Waals surface area contributed by atoms with Gasteiger partial charge in [0.2, 0.25) is 5.91 Å². The first-order chi connectivity index (χ1) is 8.19. The van der Waals surface area contributed by atoms with E-state index < -0.39 is 0 Å². The van der Waals surface area contributed by atoms with Crippen LogP contribution in [0.1, 0.15) is 17.5 Å². The Kier molecular flexibility index (Phi) is 3.79. The van der Waals surface area contributed by atoms with Crippen LogP contribution >= 0.6 is 0 Å². The predicted molar refractivity (Wildman–Crippen MR) is 68.6 cm³/mol. The summed E-state index contributed by atoms with van der Waals surface area (Å²) in [4.78, 5) is 14.0. The average Bonchev–Trinajstić information content (AvgIpc) is 2.77. The molecule has 3 heteroatoms. The zero-order chi connectivity index (χ0) is 12.3. The van der Waals surface area contributed by atoms with Crippen LogP contribution in [0.2, 0.25) is 0 Å². The zero-order valence-electron chi connectivity index (χ0n) is 10.4. The van der Waals surface area contributed by atoms with Crippen molar-refractivity contribution in [2.24, 2.45) is 11.7 Å². The monoisotopic (exact) mass is 232 g/mol. The molecular weight excluding hydrogens is 212 g/mol. The normalized spacial score (nSPS) is 19.6. The van der Waals surface area contributed by atoms with Gasteiger partial charge < -0.3 is 10.6 Å². The fourth-order valence-electron chi connectivity index (χ4n) is 2.36. The highest BCUT2D eigenvalue weighted by atomic mass is 16.2. The minimum absolute atomic E-state index is 0.228. The van der Waals surface area contributed by atoms with Crippen LogP contribution in [0.5, 0.6) is 0 Å². The summed E-state index contributed by atoms with van der Waals surface area (Å²) in [5.41, 5.74) is 7.94. The lowest BCUT2D eigenvalue weighted by Gasteiger charge is -2.16. The summed E-state index contributed by atoms with van der Waals surface area (Å²) >= 11 is 0. The third-order valence-corrected chi connectivity index (χ3v) is 3.41. The summed E-state index contributed by atoms with van der Waals surface area (Å²) in [6.07, 6.45) is 1.56. The van der Waals surface area contributed by atoms with Crippen molar-refractivity contribution >= 4 is 5.91 Å². The number of carbonyl (C=O) groups is 1. The topological polar surface area (TPSA) is 46.3 Å². The molecule has 0 aromatic heterocycles. The number of benzene rings is 1. The standard InChI is InChI=1S/C14H20N2O/c1-11-3-2-4-12(7-11)8-14(17)16-6-5-13(9-15)10-16/h2-4,7,13H,5-6,8-10,15H2,1H3/t13-/m0/s1. The smallest absolute Gasteiger partial charge is 0.226 e. The van der Waals surface area contributed by atoms with Gasteiger partial charge in [-0.05, 0) is 31.4 Å². The Hall–Kier alpha value is -1.35. The van der Waals surface area contributed by atoms with Crippen LogP contribution in [-0.4, -0.2) is 30.4 Å². The van der Waals surface area contributed by atoms with Crippen molar-refractivity contribution in [1.29, 1.82) is 0 Å². The molecule has 92 valence electrons. The van der Waals surface area contributed by atoms with Crippen LogP contribution in [0.15, 0.2) is 24.3 Å². The second kappa shape index (κ2) is 5.32. The maximum atomic E-state index is 12.1.